The van der Waals surface area contributed by atoms with Crippen molar-refractivity contribution in [1.82, 2.24) is 14.2 Å². The van der Waals surface area contributed by atoms with Crippen LogP contribution in [-0.2, 0) is 10.0 Å². The molecule has 0 radical (unpaired) electrons. The number of nitrogens with one attached hydrogen (secondary N) is 1. The maximum atomic E-state index is 13.5. The molecule has 0 aliphatic carbocycles. The highest BCUT2D eigenvalue weighted by molar-refractivity contribution is 7.89. The first-order valence-electron chi connectivity index (χ1n) is 9.74. The molecule has 1 aliphatic rings. The summed E-state index contributed by atoms with van der Waals surface area (Å²) in [5, 5.41) is 2.82. The number of carbonyl (C=O) groups is 1. The normalized spacial score (nSPS) is 15.6. The molecule has 0 saturated carbocycles. The van der Waals surface area contributed by atoms with Gasteiger partial charge in [0.25, 0.3) is 0 Å². The summed E-state index contributed by atoms with van der Waals surface area (Å²) in [4.78, 5) is 18.3. The number of benzene rings is 1. The first kappa shape index (κ1) is 23.4. The topological polar surface area (TPSA) is 82.6 Å². The van der Waals surface area contributed by atoms with E-state index < -0.39 is 21.7 Å². The quantitative estimate of drug-likeness (QED) is 0.714. The van der Waals surface area contributed by atoms with Gasteiger partial charge < -0.3 is 10.2 Å². The van der Waals surface area contributed by atoms with Crippen LogP contribution in [-0.4, -0.2) is 60.6 Å². The van der Waals surface area contributed by atoms with E-state index in [0.717, 1.165) is 18.2 Å². The molecule has 1 fully saturated rings. The zero-order valence-electron chi connectivity index (χ0n) is 17.1. The molecule has 0 spiro atoms. The smallest absolute Gasteiger partial charge is 0.321 e. The third kappa shape index (κ3) is 5.50. The summed E-state index contributed by atoms with van der Waals surface area (Å²) in [6, 6.07) is 3.95. The Balaban J connectivity index is 1.65. The largest absolute Gasteiger partial charge is 0.325 e. The minimum atomic E-state index is -3.23. The fourth-order valence-corrected chi connectivity index (χ4v) is 4.88. The highest BCUT2D eigenvalue weighted by Gasteiger charge is 2.30. The zero-order chi connectivity index (χ0) is 22.8. The second kappa shape index (κ2) is 9.46. The average Bonchev–Trinajstić information content (AvgIpc) is 2.72. The fraction of sp³-hybridized carbons (Fsp3) is 0.400. The van der Waals surface area contributed by atoms with Gasteiger partial charge in [0.05, 0.1) is 28.4 Å². The third-order valence-electron chi connectivity index (χ3n) is 5.28. The molecule has 2 aromatic rings. The molecule has 0 bridgehead atoms. The molecule has 1 saturated heterocycles. The first-order chi connectivity index (χ1) is 14.6. The van der Waals surface area contributed by atoms with Gasteiger partial charge in [0.15, 0.2) is 0 Å². The van der Waals surface area contributed by atoms with E-state index in [4.69, 9.17) is 11.6 Å². The minimum Gasteiger partial charge on any atom is -0.325 e. The van der Waals surface area contributed by atoms with E-state index in [-0.39, 0.29) is 34.1 Å². The number of hydrogen-bond acceptors (Lipinski definition) is 4. The molecule has 11 heteroatoms. The monoisotopic (exact) mass is 472 g/mol. The molecule has 31 heavy (non-hydrogen) atoms. The molecule has 0 unspecified atom stereocenters. The van der Waals surface area contributed by atoms with E-state index in [9.17, 15) is 22.0 Å². The summed E-state index contributed by atoms with van der Waals surface area (Å²) in [5.74, 6) is -1.44. The summed E-state index contributed by atoms with van der Waals surface area (Å²) >= 11 is 6.22. The van der Waals surface area contributed by atoms with E-state index >= 15 is 0 Å². The van der Waals surface area contributed by atoms with Gasteiger partial charge in [-0.3, -0.25) is 4.98 Å². The lowest BCUT2D eigenvalue weighted by Crippen LogP contribution is -2.48. The third-order valence-corrected chi connectivity index (χ3v) is 7.45. The maximum Gasteiger partial charge on any atom is 0.321 e. The number of anilines is 1. The first-order valence-corrected chi connectivity index (χ1v) is 11.7. The highest BCUT2D eigenvalue weighted by atomic mass is 35.5. The van der Waals surface area contributed by atoms with Crippen molar-refractivity contribution in [3.63, 3.8) is 0 Å². The molecule has 3 rings (SSSR count). The van der Waals surface area contributed by atoms with E-state index in [1.807, 2.05) is 0 Å². The van der Waals surface area contributed by atoms with Gasteiger partial charge in [0.1, 0.15) is 11.6 Å². The molecule has 2 heterocycles. The SMILES string of the molecule is CCS(=O)(=O)N1CCC(N(C)C(=O)Nc2cnc(-c3cc(F)cc(F)c3)c(Cl)c2)CC1. The second-order valence-electron chi connectivity index (χ2n) is 7.28. The Morgan fingerprint density at radius 1 is 1.23 bits per heavy atom. The van der Waals surface area contributed by atoms with Crippen LogP contribution in [0.3, 0.4) is 0 Å². The van der Waals surface area contributed by atoms with E-state index in [0.29, 0.717) is 31.6 Å². The highest BCUT2D eigenvalue weighted by Crippen LogP contribution is 2.29. The molecule has 7 nitrogen and oxygen atoms in total. The Hall–Kier alpha value is -2.30. The van der Waals surface area contributed by atoms with Gasteiger partial charge in [-0.2, -0.15) is 0 Å². The number of rotatable bonds is 5. The molecular weight excluding hydrogens is 450 g/mol. The average molecular weight is 473 g/mol. The van der Waals surface area contributed by atoms with Crippen LogP contribution in [0.15, 0.2) is 30.5 Å². The van der Waals surface area contributed by atoms with Gasteiger partial charge in [-0.15, -0.1) is 0 Å². The van der Waals surface area contributed by atoms with Crippen LogP contribution in [0, 0.1) is 11.6 Å². The Morgan fingerprint density at radius 3 is 2.39 bits per heavy atom. The van der Waals surface area contributed by atoms with Gasteiger partial charge in [0.2, 0.25) is 10.0 Å². The van der Waals surface area contributed by atoms with Crippen molar-refractivity contribution in [2.45, 2.75) is 25.8 Å². The summed E-state index contributed by atoms with van der Waals surface area (Å²) in [5.41, 5.74) is 0.704. The zero-order valence-corrected chi connectivity index (χ0v) is 18.7. The molecular formula is C20H23ClF2N4O3S. The number of aromatic nitrogens is 1. The minimum absolute atomic E-state index is 0.0556. The van der Waals surface area contributed by atoms with Crippen LogP contribution in [0.1, 0.15) is 19.8 Å². The Labute approximate surface area is 185 Å². The van der Waals surface area contributed by atoms with Crippen LogP contribution >= 0.6 is 11.6 Å². The van der Waals surface area contributed by atoms with E-state index in [1.54, 1.807) is 14.0 Å². The van der Waals surface area contributed by atoms with Gasteiger partial charge in [-0.25, -0.2) is 26.3 Å². The molecule has 1 aromatic carbocycles. The maximum absolute atomic E-state index is 13.5. The Kier molecular flexibility index (Phi) is 7.13. The van der Waals surface area contributed by atoms with Gasteiger partial charge in [0, 0.05) is 37.8 Å². The van der Waals surface area contributed by atoms with Crippen molar-refractivity contribution in [2.24, 2.45) is 0 Å². The Bertz CT molecular complexity index is 1060. The van der Waals surface area contributed by atoms with Gasteiger partial charge in [-0.1, -0.05) is 11.6 Å². The molecule has 1 N–H and O–H groups in total. The van der Waals surface area contributed by atoms with Crippen molar-refractivity contribution in [2.75, 3.05) is 31.2 Å². The molecule has 1 aliphatic heterocycles. The number of pyridine rings is 1. The van der Waals surface area contributed by atoms with Gasteiger partial charge in [-0.05, 0) is 38.0 Å². The van der Waals surface area contributed by atoms with E-state index in [1.165, 1.54) is 21.5 Å². The predicted octanol–water partition coefficient (Wildman–Crippen LogP) is 3.96. The lowest BCUT2D eigenvalue weighted by atomic mass is 10.1. The standard InChI is InChI=1S/C20H23ClF2N4O3S/c1-3-31(29,30)27-6-4-17(5-7-27)26(2)20(28)25-16-11-18(21)19(24-12-16)13-8-14(22)10-15(23)9-13/h8-12,17H,3-7H2,1-2H3,(H,25,28). The van der Waals surface area contributed by atoms with Crippen LogP contribution in [0.25, 0.3) is 11.3 Å². The number of hydrogen-bond donors (Lipinski definition) is 1. The van der Waals surface area contributed by atoms with Crippen molar-refractivity contribution in [3.05, 3.63) is 47.1 Å². The van der Waals surface area contributed by atoms with Crippen LogP contribution in [0.2, 0.25) is 5.02 Å². The predicted molar refractivity (Wildman–Crippen MR) is 115 cm³/mol. The molecule has 1 aromatic heterocycles. The van der Waals surface area contributed by atoms with Crippen molar-refractivity contribution < 1.29 is 22.0 Å². The summed E-state index contributed by atoms with van der Waals surface area (Å²) in [6.45, 7) is 2.34. The lowest BCUT2D eigenvalue weighted by Gasteiger charge is -2.35. The summed E-state index contributed by atoms with van der Waals surface area (Å²) in [7, 11) is -1.59. The number of piperidine rings is 1. The van der Waals surface area contributed by atoms with Crippen LogP contribution in [0.5, 0.6) is 0 Å². The molecule has 2 amide bonds. The summed E-state index contributed by atoms with van der Waals surface area (Å²) < 4.78 is 52.3. The number of sulfonamides is 1. The van der Waals surface area contributed by atoms with Crippen molar-refractivity contribution in [3.8, 4) is 11.3 Å². The lowest BCUT2D eigenvalue weighted by molar-refractivity contribution is 0.174. The van der Waals surface area contributed by atoms with E-state index in [2.05, 4.69) is 10.3 Å². The molecule has 0 atom stereocenters. The number of nitrogens with zero attached hydrogens (tertiary/aromatic N) is 3. The number of urea groups is 1. The van der Waals surface area contributed by atoms with Crippen molar-refractivity contribution >= 4 is 33.3 Å². The molecule has 168 valence electrons. The fourth-order valence-electron chi connectivity index (χ4n) is 3.48. The summed E-state index contributed by atoms with van der Waals surface area (Å²) in [6.07, 6.45) is 2.42. The number of amides is 2. The Morgan fingerprint density at radius 2 is 1.84 bits per heavy atom. The van der Waals surface area contributed by atoms with Crippen molar-refractivity contribution in [1.29, 1.82) is 0 Å². The van der Waals surface area contributed by atoms with Gasteiger partial charge >= 0.3 is 6.03 Å². The second-order valence-corrected chi connectivity index (χ2v) is 9.95. The van der Waals surface area contributed by atoms with Crippen LogP contribution < -0.4 is 5.32 Å². The number of carbonyl (C=O) groups excluding carboxylic acids is 1. The number of halogens is 3. The van der Waals surface area contributed by atoms with Crippen LogP contribution in [0.4, 0.5) is 19.3 Å².